The van der Waals surface area contributed by atoms with E-state index in [1.54, 1.807) is 48.5 Å². The van der Waals surface area contributed by atoms with E-state index in [0.29, 0.717) is 11.1 Å². The van der Waals surface area contributed by atoms with Crippen LogP contribution in [-0.4, -0.2) is 35.1 Å². The summed E-state index contributed by atoms with van der Waals surface area (Å²) in [5.41, 5.74) is 0.697. The zero-order valence-corrected chi connectivity index (χ0v) is 12.6. The van der Waals surface area contributed by atoms with Crippen LogP contribution in [0.25, 0.3) is 0 Å². The van der Waals surface area contributed by atoms with Crippen molar-refractivity contribution in [3.05, 3.63) is 59.7 Å². The number of hydrogen-bond donors (Lipinski definition) is 0. The maximum Gasteiger partial charge on any atom is 0.225 e. The Bertz CT molecular complexity index is 630. The van der Waals surface area contributed by atoms with Crippen molar-refractivity contribution in [3.8, 4) is 0 Å². The highest BCUT2D eigenvalue weighted by Gasteiger charge is 2.06. The van der Waals surface area contributed by atoms with Gasteiger partial charge >= 0.3 is 0 Å². The molecule has 0 radical (unpaired) electrons. The van der Waals surface area contributed by atoms with Crippen LogP contribution in [-0.2, 0) is 9.59 Å². The molecule has 0 aliphatic rings. The van der Waals surface area contributed by atoms with Crippen LogP contribution in [0.5, 0.6) is 0 Å². The summed E-state index contributed by atoms with van der Waals surface area (Å²) in [6, 6.07) is 13.3. The Kier molecular flexibility index (Phi) is 8.35. The highest BCUT2D eigenvalue weighted by molar-refractivity contribution is 7.99. The summed E-state index contributed by atoms with van der Waals surface area (Å²) < 4.78 is 0. The molecule has 0 aliphatic carbocycles. The molecule has 0 unspecified atom stereocenters. The number of carbonyl (C=O) groups is 4. The van der Waals surface area contributed by atoms with Gasteiger partial charge < -0.3 is 11.0 Å². The lowest BCUT2D eigenvalue weighted by atomic mass is 10.1. The van der Waals surface area contributed by atoms with Crippen LogP contribution in [0.3, 0.4) is 0 Å². The third-order valence-electron chi connectivity index (χ3n) is 2.73. The van der Waals surface area contributed by atoms with E-state index in [4.69, 9.17) is 0 Å². The van der Waals surface area contributed by atoms with E-state index in [1.165, 1.54) is 11.8 Å². The minimum absolute atomic E-state index is 0. The maximum atomic E-state index is 11.2. The first-order valence-corrected chi connectivity index (χ1v) is 6.82. The van der Waals surface area contributed by atoms with Crippen molar-refractivity contribution < 1.29 is 30.1 Å². The SMILES string of the molecule is O.O.O=CC(=O)c1ccc(Sc2ccc(C(=O)C=O)cc2)cc1. The molecule has 0 bridgehead atoms. The first kappa shape index (κ1) is 20.4. The van der Waals surface area contributed by atoms with Gasteiger partial charge in [-0.2, -0.15) is 0 Å². The molecule has 2 aromatic carbocycles. The molecule has 120 valence electrons. The van der Waals surface area contributed by atoms with Crippen LogP contribution < -0.4 is 0 Å². The zero-order valence-electron chi connectivity index (χ0n) is 11.8. The predicted octanol–water partition coefficient (Wildman–Crippen LogP) is 0.952. The summed E-state index contributed by atoms with van der Waals surface area (Å²) in [5.74, 6) is -1.11. The topological polar surface area (TPSA) is 131 Å². The number of aldehydes is 2. The van der Waals surface area contributed by atoms with Gasteiger partial charge in [0.25, 0.3) is 0 Å². The van der Waals surface area contributed by atoms with Crippen molar-refractivity contribution in [3.63, 3.8) is 0 Å². The van der Waals surface area contributed by atoms with Crippen LogP contribution >= 0.6 is 11.8 Å². The molecule has 0 atom stereocenters. The summed E-state index contributed by atoms with van der Waals surface area (Å²) in [6.07, 6.45) is 0.565. The second-order valence-electron chi connectivity index (χ2n) is 4.12. The summed E-state index contributed by atoms with van der Waals surface area (Å²) in [4.78, 5) is 44.9. The molecular formula is C16H14O6S. The van der Waals surface area contributed by atoms with E-state index in [0.717, 1.165) is 9.79 Å². The Labute approximate surface area is 136 Å². The third kappa shape index (κ3) is 5.26. The van der Waals surface area contributed by atoms with Gasteiger partial charge in [-0.25, -0.2) is 0 Å². The quantitative estimate of drug-likeness (QED) is 0.441. The molecule has 7 heteroatoms. The maximum absolute atomic E-state index is 11.2. The number of benzene rings is 2. The molecule has 6 nitrogen and oxygen atoms in total. The number of Topliss-reactive ketones (excluding diaryl/α,β-unsaturated/α-hetero) is 2. The van der Waals surface area contributed by atoms with Gasteiger partial charge in [-0.3, -0.25) is 19.2 Å². The molecule has 23 heavy (non-hydrogen) atoms. The summed E-state index contributed by atoms with van der Waals surface area (Å²) in [6.45, 7) is 0. The summed E-state index contributed by atoms with van der Waals surface area (Å²) in [5, 5.41) is 0. The van der Waals surface area contributed by atoms with Crippen molar-refractivity contribution in [2.45, 2.75) is 9.79 Å². The lowest BCUT2D eigenvalue weighted by Gasteiger charge is -2.03. The molecule has 0 saturated heterocycles. The monoisotopic (exact) mass is 334 g/mol. The Morgan fingerprint density at radius 3 is 1.22 bits per heavy atom. The van der Waals surface area contributed by atoms with Crippen LogP contribution in [0, 0.1) is 0 Å². The van der Waals surface area contributed by atoms with E-state index in [1.807, 2.05) is 0 Å². The number of rotatable bonds is 6. The largest absolute Gasteiger partial charge is 0.412 e. The smallest absolute Gasteiger partial charge is 0.225 e. The molecule has 0 spiro atoms. The van der Waals surface area contributed by atoms with Crippen LogP contribution in [0.1, 0.15) is 20.7 Å². The predicted molar refractivity (Wildman–Crippen MR) is 85.0 cm³/mol. The Morgan fingerprint density at radius 2 is 0.957 bits per heavy atom. The van der Waals surface area contributed by atoms with E-state index < -0.39 is 11.6 Å². The van der Waals surface area contributed by atoms with Gasteiger partial charge in [-0.1, -0.05) is 11.8 Å². The molecule has 0 aromatic heterocycles. The van der Waals surface area contributed by atoms with E-state index in [9.17, 15) is 19.2 Å². The fraction of sp³-hybridized carbons (Fsp3) is 0. The van der Waals surface area contributed by atoms with E-state index in [2.05, 4.69) is 0 Å². The Morgan fingerprint density at radius 1 is 0.652 bits per heavy atom. The van der Waals surface area contributed by atoms with Gasteiger partial charge in [0.15, 0.2) is 12.6 Å². The van der Waals surface area contributed by atoms with Crippen molar-refractivity contribution in [1.82, 2.24) is 0 Å². The van der Waals surface area contributed by atoms with Gasteiger partial charge in [0.05, 0.1) is 0 Å². The van der Waals surface area contributed by atoms with Gasteiger partial charge in [0, 0.05) is 20.9 Å². The van der Waals surface area contributed by atoms with E-state index in [-0.39, 0.29) is 23.5 Å². The molecule has 0 amide bonds. The molecule has 0 fully saturated rings. The second kappa shape index (κ2) is 9.42. The van der Waals surface area contributed by atoms with Crippen LogP contribution in [0.2, 0.25) is 0 Å². The van der Waals surface area contributed by atoms with Crippen molar-refractivity contribution >= 4 is 35.9 Å². The van der Waals surface area contributed by atoms with Crippen LogP contribution in [0.4, 0.5) is 0 Å². The Balaban J connectivity index is 0.00000242. The summed E-state index contributed by atoms with van der Waals surface area (Å²) in [7, 11) is 0. The van der Waals surface area contributed by atoms with Crippen molar-refractivity contribution in [1.29, 1.82) is 0 Å². The molecule has 4 N–H and O–H groups in total. The molecular weight excluding hydrogens is 320 g/mol. The average Bonchev–Trinajstić information content (AvgIpc) is 2.55. The summed E-state index contributed by atoms with van der Waals surface area (Å²) >= 11 is 1.44. The minimum atomic E-state index is -0.553. The number of hydrogen-bond acceptors (Lipinski definition) is 5. The molecule has 0 saturated carbocycles. The van der Waals surface area contributed by atoms with Crippen molar-refractivity contribution in [2.24, 2.45) is 0 Å². The first-order valence-electron chi connectivity index (χ1n) is 6.01. The lowest BCUT2D eigenvalue weighted by Crippen LogP contribution is -1.99. The molecule has 0 heterocycles. The van der Waals surface area contributed by atoms with Crippen molar-refractivity contribution in [2.75, 3.05) is 0 Å². The lowest BCUT2D eigenvalue weighted by molar-refractivity contribution is -0.105. The zero-order chi connectivity index (χ0) is 15.2. The average molecular weight is 334 g/mol. The third-order valence-corrected chi connectivity index (χ3v) is 3.74. The second-order valence-corrected chi connectivity index (χ2v) is 5.26. The fourth-order valence-electron chi connectivity index (χ4n) is 1.65. The van der Waals surface area contributed by atoms with Crippen LogP contribution in [0.15, 0.2) is 58.3 Å². The molecule has 0 aliphatic heterocycles. The van der Waals surface area contributed by atoms with Gasteiger partial charge in [0.1, 0.15) is 0 Å². The highest BCUT2D eigenvalue weighted by atomic mass is 32.2. The van der Waals surface area contributed by atoms with Gasteiger partial charge in [-0.15, -0.1) is 0 Å². The van der Waals surface area contributed by atoms with Gasteiger partial charge in [0.2, 0.25) is 11.6 Å². The molecule has 2 rings (SSSR count). The van der Waals surface area contributed by atoms with Gasteiger partial charge in [-0.05, 0) is 48.5 Å². The van der Waals surface area contributed by atoms with E-state index >= 15 is 0 Å². The standard InChI is InChI=1S/C16H10O4S.2H2O/c17-9-15(19)11-1-5-13(6-2-11)21-14-7-3-12(4-8-14)16(20)10-18;;/h1-10H;2*1H2. The number of carbonyl (C=O) groups excluding carboxylic acids is 4. The molecule has 2 aromatic rings. The normalized spacial score (nSPS) is 9.04. The highest BCUT2D eigenvalue weighted by Crippen LogP contribution is 2.28. The Hall–Kier alpha value is -2.61. The minimum Gasteiger partial charge on any atom is -0.412 e. The fourth-order valence-corrected chi connectivity index (χ4v) is 2.46. The number of ketones is 2. The first-order chi connectivity index (χ1) is 10.1.